The Bertz CT molecular complexity index is 596. The Morgan fingerprint density at radius 1 is 0.857 bits per heavy atom. The van der Waals surface area contributed by atoms with E-state index in [1.165, 1.54) is 51.4 Å². The van der Waals surface area contributed by atoms with E-state index in [0.717, 1.165) is 30.1 Å². The first-order valence-electron chi connectivity index (χ1n) is 12.2. The summed E-state index contributed by atoms with van der Waals surface area (Å²) in [7, 11) is -1.67. The highest BCUT2D eigenvalue weighted by molar-refractivity contribution is 6.74. The highest BCUT2D eigenvalue weighted by atomic mass is 28.4. The maximum atomic E-state index is 10.7. The van der Waals surface area contributed by atoms with Crippen LogP contribution in [0.25, 0.3) is 0 Å². The van der Waals surface area contributed by atoms with Gasteiger partial charge in [0.2, 0.25) is 0 Å². The number of aliphatic hydroxyl groups excluding tert-OH is 1. The van der Waals surface area contributed by atoms with Gasteiger partial charge in [0.25, 0.3) is 0 Å². The van der Waals surface area contributed by atoms with Crippen LogP contribution >= 0.6 is 0 Å². The summed E-state index contributed by atoms with van der Waals surface area (Å²) >= 11 is 0. The van der Waals surface area contributed by atoms with Gasteiger partial charge < -0.3 is 9.53 Å². The molecule has 0 aromatic carbocycles. The molecule has 0 aromatic rings. The first kappa shape index (κ1) is 21.4. The van der Waals surface area contributed by atoms with Crippen molar-refractivity contribution >= 4 is 8.32 Å². The van der Waals surface area contributed by atoms with Crippen LogP contribution < -0.4 is 0 Å². The van der Waals surface area contributed by atoms with Crippen LogP contribution in [0.5, 0.6) is 0 Å². The Morgan fingerprint density at radius 2 is 1.50 bits per heavy atom. The lowest BCUT2D eigenvalue weighted by atomic mass is 9.45. The topological polar surface area (TPSA) is 29.5 Å². The molecule has 0 heterocycles. The molecule has 4 rings (SSSR count). The van der Waals surface area contributed by atoms with Crippen LogP contribution in [0.2, 0.25) is 18.1 Å². The van der Waals surface area contributed by atoms with Crippen molar-refractivity contribution in [1.82, 2.24) is 0 Å². The zero-order valence-electron chi connectivity index (χ0n) is 19.7. The fraction of sp³-hybridized carbons (Fsp3) is 1.00. The molecular weight excluding hydrogens is 360 g/mol. The van der Waals surface area contributed by atoms with Gasteiger partial charge in [-0.25, -0.2) is 0 Å². The minimum Gasteiger partial charge on any atom is -0.414 e. The van der Waals surface area contributed by atoms with Crippen LogP contribution in [0.1, 0.15) is 92.4 Å². The van der Waals surface area contributed by atoms with E-state index >= 15 is 0 Å². The van der Waals surface area contributed by atoms with Crippen LogP contribution in [0.3, 0.4) is 0 Å². The van der Waals surface area contributed by atoms with Crippen molar-refractivity contribution in [2.24, 2.45) is 34.5 Å². The van der Waals surface area contributed by atoms with E-state index in [-0.39, 0.29) is 11.5 Å². The molecule has 0 unspecified atom stereocenters. The van der Waals surface area contributed by atoms with Gasteiger partial charge in [-0.15, -0.1) is 0 Å². The van der Waals surface area contributed by atoms with Crippen molar-refractivity contribution in [3.63, 3.8) is 0 Å². The highest BCUT2D eigenvalue weighted by Crippen LogP contribution is 2.66. The summed E-state index contributed by atoms with van der Waals surface area (Å²) in [6, 6.07) is 0. The third-order valence-corrected chi connectivity index (χ3v) is 15.4. The molecule has 2 nitrogen and oxygen atoms in total. The third-order valence-electron chi connectivity index (χ3n) is 10.8. The Kier molecular flexibility index (Phi) is 5.21. The predicted octanol–water partition coefficient (Wildman–Crippen LogP) is 6.78. The zero-order chi connectivity index (χ0) is 20.5. The van der Waals surface area contributed by atoms with Gasteiger partial charge in [-0.05, 0) is 110 Å². The third kappa shape index (κ3) is 3.17. The van der Waals surface area contributed by atoms with Crippen LogP contribution in [0, 0.1) is 34.5 Å². The van der Waals surface area contributed by atoms with Gasteiger partial charge >= 0.3 is 0 Å². The minimum absolute atomic E-state index is 0.0438. The molecule has 4 aliphatic rings. The molecular formula is C25H46O2Si. The number of fused-ring (bicyclic) bond motifs is 5. The molecule has 3 heteroatoms. The summed E-state index contributed by atoms with van der Waals surface area (Å²) in [4.78, 5) is 0. The van der Waals surface area contributed by atoms with E-state index in [2.05, 4.69) is 47.7 Å². The normalized spacial score (nSPS) is 49.3. The predicted molar refractivity (Wildman–Crippen MR) is 120 cm³/mol. The Hall–Kier alpha value is 0.137. The monoisotopic (exact) mass is 406 g/mol. The van der Waals surface area contributed by atoms with Crippen molar-refractivity contribution in [1.29, 1.82) is 0 Å². The minimum atomic E-state index is -1.67. The van der Waals surface area contributed by atoms with E-state index in [1.807, 2.05) is 0 Å². The molecule has 162 valence electrons. The first-order chi connectivity index (χ1) is 12.9. The SMILES string of the molecule is CC(C)(C)[Si](C)(C)O[C@@H]1CC[C@@]2(C)[C@@H](CC[C@@H]3[C@@H]2CC[C@]2(C)[C@@H](O)CC[C@@H]32)C1. The number of rotatable bonds is 2. The average molecular weight is 407 g/mol. The maximum Gasteiger partial charge on any atom is 0.192 e. The van der Waals surface area contributed by atoms with Crippen molar-refractivity contribution in [3.05, 3.63) is 0 Å². The molecule has 28 heavy (non-hydrogen) atoms. The lowest BCUT2D eigenvalue weighted by Gasteiger charge is -2.61. The smallest absolute Gasteiger partial charge is 0.192 e. The number of hydrogen-bond acceptors (Lipinski definition) is 2. The largest absolute Gasteiger partial charge is 0.414 e. The van der Waals surface area contributed by atoms with Gasteiger partial charge in [-0.3, -0.25) is 0 Å². The number of aliphatic hydroxyl groups is 1. The molecule has 4 fully saturated rings. The highest BCUT2D eigenvalue weighted by Gasteiger charge is 2.60. The standard InChI is InChI=1S/C25H46O2Si/c1-23(2,3)28(6,7)27-18-12-14-24(4)17(16-18)8-9-19-20-10-11-22(26)25(20,5)15-13-21(19)24/h17-22,26H,8-16H2,1-7H3/t17-,18+,19-,20-,21-,22-,24-,25-/m0/s1. The van der Waals surface area contributed by atoms with Crippen molar-refractivity contribution in [2.45, 2.75) is 123 Å². The Balaban J connectivity index is 1.48. The fourth-order valence-corrected chi connectivity index (χ4v) is 9.29. The molecule has 0 amide bonds. The molecule has 0 bridgehead atoms. The van der Waals surface area contributed by atoms with Gasteiger partial charge in [0.1, 0.15) is 0 Å². The van der Waals surface area contributed by atoms with Crippen LogP contribution in [0.15, 0.2) is 0 Å². The summed E-state index contributed by atoms with van der Waals surface area (Å²) in [6.07, 6.45) is 12.1. The lowest BCUT2D eigenvalue weighted by molar-refractivity contribution is -0.132. The molecule has 4 saturated carbocycles. The van der Waals surface area contributed by atoms with Crippen molar-refractivity contribution < 1.29 is 9.53 Å². The van der Waals surface area contributed by atoms with E-state index in [1.54, 1.807) is 0 Å². The summed E-state index contributed by atoms with van der Waals surface area (Å²) in [6.45, 7) is 17.0. The average Bonchev–Trinajstić information content (AvgIpc) is 2.89. The van der Waals surface area contributed by atoms with Crippen LogP contribution in [0.4, 0.5) is 0 Å². The maximum absolute atomic E-state index is 10.7. The molecule has 8 atom stereocenters. The molecule has 0 saturated heterocycles. The quantitative estimate of drug-likeness (QED) is 0.512. The van der Waals surface area contributed by atoms with E-state index < -0.39 is 8.32 Å². The van der Waals surface area contributed by atoms with Crippen molar-refractivity contribution in [2.75, 3.05) is 0 Å². The van der Waals surface area contributed by atoms with Gasteiger partial charge in [-0.2, -0.15) is 0 Å². The Morgan fingerprint density at radius 3 is 2.18 bits per heavy atom. The van der Waals surface area contributed by atoms with Gasteiger partial charge in [0.15, 0.2) is 8.32 Å². The van der Waals surface area contributed by atoms with E-state index in [9.17, 15) is 5.11 Å². The second kappa shape index (κ2) is 6.82. The molecule has 0 radical (unpaired) electrons. The summed E-state index contributed by atoms with van der Waals surface area (Å²) in [5, 5.41) is 11.0. The summed E-state index contributed by atoms with van der Waals surface area (Å²) < 4.78 is 6.88. The number of hydrogen-bond donors (Lipinski definition) is 1. The molecule has 1 N–H and O–H groups in total. The van der Waals surface area contributed by atoms with Gasteiger partial charge in [0.05, 0.1) is 6.10 Å². The van der Waals surface area contributed by atoms with E-state index in [0.29, 0.717) is 16.6 Å². The molecule has 0 aromatic heterocycles. The second-order valence-electron chi connectivity index (χ2n) is 13.1. The Labute approximate surface area is 175 Å². The zero-order valence-corrected chi connectivity index (χ0v) is 20.7. The van der Waals surface area contributed by atoms with Crippen LogP contribution in [-0.2, 0) is 4.43 Å². The molecule has 4 aliphatic carbocycles. The lowest BCUT2D eigenvalue weighted by Crippen LogP contribution is -2.55. The molecule has 0 aliphatic heterocycles. The van der Waals surface area contributed by atoms with Gasteiger partial charge in [-0.1, -0.05) is 34.6 Å². The van der Waals surface area contributed by atoms with Gasteiger partial charge in [0, 0.05) is 6.10 Å². The summed E-state index contributed by atoms with van der Waals surface area (Å²) in [5.41, 5.74) is 0.734. The molecule has 0 spiro atoms. The summed E-state index contributed by atoms with van der Waals surface area (Å²) in [5.74, 6) is 3.40. The first-order valence-corrected chi connectivity index (χ1v) is 15.2. The second-order valence-corrected chi connectivity index (χ2v) is 17.8. The van der Waals surface area contributed by atoms with Crippen LogP contribution in [-0.4, -0.2) is 25.6 Å². The van der Waals surface area contributed by atoms with E-state index in [4.69, 9.17) is 4.43 Å². The van der Waals surface area contributed by atoms with Crippen molar-refractivity contribution in [3.8, 4) is 0 Å². The fourth-order valence-electron chi connectivity index (χ4n) is 7.89.